The van der Waals surface area contributed by atoms with Gasteiger partial charge in [0.2, 0.25) is 0 Å². The van der Waals surface area contributed by atoms with Crippen LogP contribution in [0.5, 0.6) is 0 Å². The molecule has 0 spiro atoms. The lowest BCUT2D eigenvalue weighted by Gasteiger charge is -2.34. The Hall–Kier alpha value is -0.120. The second-order valence-electron chi connectivity index (χ2n) is 6.43. The minimum Gasteiger partial charge on any atom is -0.310 e. The highest BCUT2D eigenvalue weighted by Crippen LogP contribution is 2.29. The van der Waals surface area contributed by atoms with Gasteiger partial charge in [-0.25, -0.2) is 0 Å². The van der Waals surface area contributed by atoms with Crippen molar-refractivity contribution in [1.82, 2.24) is 15.1 Å². The molecule has 0 aromatic rings. The Kier molecular flexibility index (Phi) is 3.42. The van der Waals surface area contributed by atoms with Crippen LogP contribution in [0.25, 0.3) is 0 Å². The lowest BCUT2D eigenvalue weighted by molar-refractivity contribution is 0.183. The van der Waals surface area contributed by atoms with E-state index in [1.807, 2.05) is 0 Å². The summed E-state index contributed by atoms with van der Waals surface area (Å²) in [7, 11) is 2.25. The van der Waals surface area contributed by atoms with E-state index < -0.39 is 0 Å². The molecule has 1 aliphatic carbocycles. The van der Waals surface area contributed by atoms with Crippen LogP contribution in [0.15, 0.2) is 0 Å². The molecule has 98 valence electrons. The predicted molar refractivity (Wildman–Crippen MR) is 71.2 cm³/mol. The first-order valence-electron chi connectivity index (χ1n) is 7.42. The van der Waals surface area contributed by atoms with Crippen LogP contribution in [0.1, 0.15) is 39.0 Å². The molecule has 2 heterocycles. The van der Waals surface area contributed by atoms with Crippen molar-refractivity contribution in [1.29, 1.82) is 0 Å². The fourth-order valence-corrected chi connectivity index (χ4v) is 3.52. The molecule has 3 rings (SSSR count). The predicted octanol–water partition coefficient (Wildman–Crippen LogP) is 1.30. The highest BCUT2D eigenvalue weighted by molar-refractivity contribution is 4.92. The minimum absolute atomic E-state index is 0.743. The van der Waals surface area contributed by atoms with Crippen molar-refractivity contribution in [3.8, 4) is 0 Å². The number of nitrogens with one attached hydrogen (secondary N) is 1. The first-order chi connectivity index (χ1) is 8.22. The standard InChI is InChI=1S/C14H27N3/c1-11-9-13(10-16(11)2)15-12-5-7-17(8-6-12)14-3-4-14/h11-15H,3-10H2,1-2H3. The highest BCUT2D eigenvalue weighted by Gasteiger charge is 2.33. The van der Waals surface area contributed by atoms with Crippen molar-refractivity contribution >= 4 is 0 Å². The van der Waals surface area contributed by atoms with Gasteiger partial charge in [-0.15, -0.1) is 0 Å². The molecular weight excluding hydrogens is 210 g/mol. The average Bonchev–Trinajstić information content (AvgIpc) is 3.09. The topological polar surface area (TPSA) is 18.5 Å². The SMILES string of the molecule is CC1CC(NC2CCN(C3CC3)CC2)CN1C. The van der Waals surface area contributed by atoms with E-state index >= 15 is 0 Å². The maximum atomic E-state index is 3.89. The molecule has 2 aliphatic heterocycles. The van der Waals surface area contributed by atoms with Gasteiger partial charge in [0.25, 0.3) is 0 Å². The quantitative estimate of drug-likeness (QED) is 0.798. The van der Waals surface area contributed by atoms with Gasteiger partial charge in [0, 0.05) is 30.7 Å². The van der Waals surface area contributed by atoms with Gasteiger partial charge in [0.05, 0.1) is 0 Å². The van der Waals surface area contributed by atoms with Gasteiger partial charge in [-0.2, -0.15) is 0 Å². The van der Waals surface area contributed by atoms with Crippen LogP contribution < -0.4 is 5.32 Å². The van der Waals surface area contributed by atoms with E-state index in [2.05, 4.69) is 29.1 Å². The first-order valence-corrected chi connectivity index (χ1v) is 7.42. The summed E-state index contributed by atoms with van der Waals surface area (Å²) in [5.74, 6) is 0. The lowest BCUT2D eigenvalue weighted by atomic mass is 10.0. The minimum atomic E-state index is 0.743. The fraction of sp³-hybridized carbons (Fsp3) is 1.00. The molecule has 2 unspecified atom stereocenters. The van der Waals surface area contributed by atoms with Crippen molar-refractivity contribution < 1.29 is 0 Å². The number of hydrogen-bond acceptors (Lipinski definition) is 3. The average molecular weight is 237 g/mol. The third-order valence-corrected chi connectivity index (χ3v) is 4.95. The van der Waals surface area contributed by atoms with Gasteiger partial charge in [0.1, 0.15) is 0 Å². The van der Waals surface area contributed by atoms with E-state index in [-0.39, 0.29) is 0 Å². The summed E-state index contributed by atoms with van der Waals surface area (Å²) in [4.78, 5) is 5.19. The van der Waals surface area contributed by atoms with Crippen molar-refractivity contribution in [2.24, 2.45) is 0 Å². The molecule has 1 N–H and O–H groups in total. The van der Waals surface area contributed by atoms with Crippen LogP contribution in [-0.2, 0) is 0 Å². The Morgan fingerprint density at radius 3 is 2.24 bits per heavy atom. The molecule has 3 fully saturated rings. The summed E-state index contributed by atoms with van der Waals surface area (Å²) in [6.45, 7) is 6.25. The summed E-state index contributed by atoms with van der Waals surface area (Å²) in [5.41, 5.74) is 0. The van der Waals surface area contributed by atoms with Crippen molar-refractivity contribution in [2.75, 3.05) is 26.7 Å². The number of likely N-dealkylation sites (tertiary alicyclic amines) is 2. The second-order valence-corrected chi connectivity index (χ2v) is 6.43. The Morgan fingerprint density at radius 1 is 1.00 bits per heavy atom. The first kappa shape index (κ1) is 11.9. The second kappa shape index (κ2) is 4.87. The van der Waals surface area contributed by atoms with Gasteiger partial charge < -0.3 is 15.1 Å². The molecule has 3 aliphatic rings. The maximum absolute atomic E-state index is 3.89. The van der Waals surface area contributed by atoms with Gasteiger partial charge >= 0.3 is 0 Å². The molecule has 3 heteroatoms. The number of hydrogen-bond donors (Lipinski definition) is 1. The maximum Gasteiger partial charge on any atom is 0.0212 e. The van der Waals surface area contributed by atoms with Crippen molar-refractivity contribution in [3.05, 3.63) is 0 Å². The molecular formula is C14H27N3. The van der Waals surface area contributed by atoms with Crippen LogP contribution in [0.3, 0.4) is 0 Å². The Balaban J connectivity index is 1.41. The molecule has 0 radical (unpaired) electrons. The lowest BCUT2D eigenvalue weighted by Crippen LogP contribution is -2.47. The molecule has 0 bridgehead atoms. The number of rotatable bonds is 3. The third-order valence-electron chi connectivity index (χ3n) is 4.95. The number of piperidine rings is 1. The van der Waals surface area contributed by atoms with Crippen LogP contribution in [0, 0.1) is 0 Å². The monoisotopic (exact) mass is 237 g/mol. The Bertz CT molecular complexity index is 246. The summed E-state index contributed by atoms with van der Waals surface area (Å²) >= 11 is 0. The van der Waals surface area contributed by atoms with Gasteiger partial charge in [-0.05, 0) is 59.2 Å². The van der Waals surface area contributed by atoms with Crippen molar-refractivity contribution in [3.63, 3.8) is 0 Å². The molecule has 2 saturated heterocycles. The van der Waals surface area contributed by atoms with Crippen LogP contribution in [0.4, 0.5) is 0 Å². The summed E-state index contributed by atoms with van der Waals surface area (Å²) < 4.78 is 0. The smallest absolute Gasteiger partial charge is 0.0212 e. The number of likely N-dealkylation sites (N-methyl/N-ethyl adjacent to an activating group) is 1. The van der Waals surface area contributed by atoms with Gasteiger partial charge in [-0.3, -0.25) is 0 Å². The van der Waals surface area contributed by atoms with E-state index in [9.17, 15) is 0 Å². The molecule has 3 nitrogen and oxygen atoms in total. The van der Waals surface area contributed by atoms with Crippen molar-refractivity contribution in [2.45, 2.75) is 63.2 Å². The normalized spacial score (nSPS) is 37.8. The Labute approximate surface area is 106 Å². The van der Waals surface area contributed by atoms with E-state index in [1.54, 1.807) is 0 Å². The summed E-state index contributed by atoms with van der Waals surface area (Å²) in [6, 6.07) is 3.26. The zero-order valence-electron chi connectivity index (χ0n) is 11.4. The zero-order chi connectivity index (χ0) is 11.8. The molecule has 1 saturated carbocycles. The zero-order valence-corrected chi connectivity index (χ0v) is 11.4. The van der Waals surface area contributed by atoms with E-state index in [1.165, 1.54) is 51.7 Å². The van der Waals surface area contributed by atoms with E-state index in [4.69, 9.17) is 0 Å². The van der Waals surface area contributed by atoms with Crippen LogP contribution in [0.2, 0.25) is 0 Å². The number of nitrogens with zero attached hydrogens (tertiary/aromatic N) is 2. The molecule has 17 heavy (non-hydrogen) atoms. The Morgan fingerprint density at radius 2 is 1.71 bits per heavy atom. The van der Waals surface area contributed by atoms with E-state index in [0.29, 0.717) is 0 Å². The van der Waals surface area contributed by atoms with Gasteiger partial charge in [-0.1, -0.05) is 0 Å². The summed E-state index contributed by atoms with van der Waals surface area (Å²) in [5, 5.41) is 3.89. The highest BCUT2D eigenvalue weighted by atomic mass is 15.2. The molecule has 0 amide bonds. The van der Waals surface area contributed by atoms with E-state index in [0.717, 1.165) is 24.2 Å². The van der Waals surface area contributed by atoms with Gasteiger partial charge in [0.15, 0.2) is 0 Å². The largest absolute Gasteiger partial charge is 0.310 e. The fourth-order valence-electron chi connectivity index (χ4n) is 3.52. The van der Waals surface area contributed by atoms with Crippen LogP contribution >= 0.6 is 0 Å². The van der Waals surface area contributed by atoms with Crippen LogP contribution in [-0.4, -0.2) is 60.6 Å². The molecule has 0 aromatic heterocycles. The summed E-state index contributed by atoms with van der Waals surface area (Å²) in [6.07, 6.45) is 6.99. The third kappa shape index (κ3) is 2.83. The molecule has 2 atom stereocenters. The molecule has 0 aromatic carbocycles.